The van der Waals surface area contributed by atoms with E-state index in [2.05, 4.69) is 9.72 Å². The van der Waals surface area contributed by atoms with E-state index in [0.717, 1.165) is 6.07 Å². The number of hydrogen-bond acceptors (Lipinski definition) is 7. The number of piperidine rings is 1. The summed E-state index contributed by atoms with van der Waals surface area (Å²) in [6.07, 6.45) is -10.0. The highest BCUT2D eigenvalue weighted by molar-refractivity contribution is 5.95. The molecule has 0 aliphatic carbocycles. The molecule has 0 radical (unpaired) electrons. The fraction of sp³-hybridized carbons (Fsp3) is 0.478. The predicted octanol–water partition coefficient (Wildman–Crippen LogP) is 4.14. The molecule has 202 valence electrons. The van der Waals surface area contributed by atoms with Crippen molar-refractivity contribution in [2.24, 2.45) is 0 Å². The van der Waals surface area contributed by atoms with Gasteiger partial charge in [0.2, 0.25) is 0 Å². The van der Waals surface area contributed by atoms with Gasteiger partial charge in [-0.15, -0.1) is 13.2 Å². The van der Waals surface area contributed by atoms with E-state index in [1.807, 2.05) is 0 Å². The summed E-state index contributed by atoms with van der Waals surface area (Å²) in [5.41, 5.74) is -1.99. The Hall–Kier alpha value is -3.10. The van der Waals surface area contributed by atoms with Crippen LogP contribution in [0, 0.1) is 0 Å². The summed E-state index contributed by atoms with van der Waals surface area (Å²) >= 11 is 0. The lowest BCUT2D eigenvalue weighted by Crippen LogP contribution is -2.54. The molecule has 2 fully saturated rings. The van der Waals surface area contributed by atoms with Crippen LogP contribution in [-0.2, 0) is 26.0 Å². The summed E-state index contributed by atoms with van der Waals surface area (Å²) in [4.78, 5) is 18.4. The number of rotatable bonds is 7. The molecule has 4 rings (SSSR count). The molecule has 2 aromatic rings. The van der Waals surface area contributed by atoms with Crippen LogP contribution in [0.3, 0.4) is 0 Å². The Morgan fingerprint density at radius 1 is 1.14 bits per heavy atom. The van der Waals surface area contributed by atoms with Crippen molar-refractivity contribution >= 4 is 5.91 Å². The number of nitrogens with zero attached hydrogens (tertiary/aromatic N) is 2. The summed E-state index contributed by atoms with van der Waals surface area (Å²) < 4.78 is 101. The Kier molecular flexibility index (Phi) is 7.53. The van der Waals surface area contributed by atoms with Gasteiger partial charge in [0.05, 0.1) is 26.0 Å². The molecule has 2 saturated heterocycles. The van der Waals surface area contributed by atoms with Crippen LogP contribution in [0.4, 0.5) is 26.3 Å². The van der Waals surface area contributed by atoms with Crippen LogP contribution < -0.4 is 9.47 Å². The van der Waals surface area contributed by atoms with Gasteiger partial charge in [0.15, 0.2) is 11.5 Å². The second-order valence-corrected chi connectivity index (χ2v) is 8.22. The molecule has 37 heavy (non-hydrogen) atoms. The number of pyridine rings is 1. The summed E-state index contributed by atoms with van der Waals surface area (Å²) in [5, 5.41) is 0. The number of amides is 1. The lowest BCUT2D eigenvalue weighted by molar-refractivity contribution is -0.325. The van der Waals surface area contributed by atoms with E-state index < -0.39 is 49.1 Å². The van der Waals surface area contributed by atoms with Crippen LogP contribution in [0.1, 0.15) is 28.2 Å². The van der Waals surface area contributed by atoms with E-state index in [1.165, 1.54) is 42.3 Å². The SMILES string of the molecule is COc1cc(C(=O)N2CC[C@]3(c4cccc(C(F)(F)F)n4)OCO[C@@H]3C2)ccc1OCCOC(F)(F)F. The zero-order valence-corrected chi connectivity index (χ0v) is 19.4. The highest BCUT2D eigenvalue weighted by Gasteiger charge is 2.52. The van der Waals surface area contributed by atoms with Crippen molar-refractivity contribution in [3.8, 4) is 11.5 Å². The molecule has 2 aliphatic rings. The molecule has 8 nitrogen and oxygen atoms in total. The van der Waals surface area contributed by atoms with Crippen molar-refractivity contribution in [2.45, 2.75) is 30.7 Å². The standard InChI is InChI=1S/C23H22F6N2O6/c1-33-16-11-14(5-6-15(16)34-9-10-36-23(27,28)29)20(32)31-8-7-21(19(12-31)35-13-37-21)17-3-2-4-18(30-17)22(24,25)26/h2-6,11,19H,7-10,12-13H2,1H3/t19-,21-/m1/s1. The lowest BCUT2D eigenvalue weighted by atomic mass is 9.84. The average Bonchev–Trinajstić information content (AvgIpc) is 3.29. The quantitative estimate of drug-likeness (QED) is 0.389. The summed E-state index contributed by atoms with van der Waals surface area (Å²) in [7, 11) is 1.31. The molecule has 0 bridgehead atoms. The first kappa shape index (κ1) is 26.9. The van der Waals surface area contributed by atoms with Gasteiger partial charge in [0.1, 0.15) is 30.8 Å². The van der Waals surface area contributed by atoms with E-state index in [1.54, 1.807) is 0 Å². The monoisotopic (exact) mass is 536 g/mol. The minimum absolute atomic E-state index is 0.0338. The van der Waals surface area contributed by atoms with Crippen molar-refractivity contribution in [3.05, 3.63) is 53.3 Å². The van der Waals surface area contributed by atoms with E-state index in [0.29, 0.717) is 0 Å². The topological polar surface area (TPSA) is 79.4 Å². The molecule has 0 saturated carbocycles. The number of fused-ring (bicyclic) bond motifs is 1. The number of carbonyl (C=O) groups excluding carboxylic acids is 1. The minimum atomic E-state index is -4.78. The summed E-state index contributed by atoms with van der Waals surface area (Å²) in [6, 6.07) is 7.75. The number of benzene rings is 1. The van der Waals surface area contributed by atoms with Crippen LogP contribution in [0.15, 0.2) is 36.4 Å². The third-order valence-corrected chi connectivity index (χ3v) is 6.02. The molecule has 2 aliphatic heterocycles. The van der Waals surface area contributed by atoms with Gasteiger partial charge in [-0.2, -0.15) is 13.2 Å². The fourth-order valence-corrected chi connectivity index (χ4v) is 4.27. The maximum atomic E-state index is 13.2. The van der Waals surface area contributed by atoms with Gasteiger partial charge in [0.25, 0.3) is 5.91 Å². The number of ether oxygens (including phenoxy) is 5. The van der Waals surface area contributed by atoms with Crippen molar-refractivity contribution in [1.29, 1.82) is 0 Å². The first-order valence-electron chi connectivity index (χ1n) is 11.0. The maximum Gasteiger partial charge on any atom is 0.522 e. The third-order valence-electron chi connectivity index (χ3n) is 6.02. The van der Waals surface area contributed by atoms with Crippen molar-refractivity contribution in [3.63, 3.8) is 0 Å². The zero-order chi connectivity index (χ0) is 26.8. The molecule has 0 N–H and O–H groups in total. The largest absolute Gasteiger partial charge is 0.522 e. The zero-order valence-electron chi connectivity index (χ0n) is 19.4. The summed E-state index contributed by atoms with van der Waals surface area (Å²) in [6.45, 7) is -1.12. The molecule has 14 heteroatoms. The number of methoxy groups -OCH3 is 1. The van der Waals surface area contributed by atoms with Crippen LogP contribution >= 0.6 is 0 Å². The molecule has 2 atom stereocenters. The van der Waals surface area contributed by atoms with Gasteiger partial charge in [-0.25, -0.2) is 4.98 Å². The smallest absolute Gasteiger partial charge is 0.493 e. The molecule has 3 heterocycles. The number of hydrogen-bond donors (Lipinski definition) is 0. The van der Waals surface area contributed by atoms with E-state index in [-0.39, 0.29) is 49.1 Å². The molecule has 1 aromatic carbocycles. The van der Waals surface area contributed by atoms with Crippen molar-refractivity contribution in [1.82, 2.24) is 9.88 Å². The third kappa shape index (κ3) is 5.91. The predicted molar refractivity (Wildman–Crippen MR) is 113 cm³/mol. The second-order valence-electron chi connectivity index (χ2n) is 8.22. The molecule has 0 unspecified atom stereocenters. The number of aromatic nitrogens is 1. The van der Waals surface area contributed by atoms with Gasteiger partial charge in [0, 0.05) is 18.5 Å². The van der Waals surface area contributed by atoms with Crippen LogP contribution in [0.2, 0.25) is 0 Å². The fourth-order valence-electron chi connectivity index (χ4n) is 4.27. The average molecular weight is 536 g/mol. The number of halogens is 6. The molecule has 1 aromatic heterocycles. The Morgan fingerprint density at radius 2 is 1.92 bits per heavy atom. The Balaban J connectivity index is 1.46. The van der Waals surface area contributed by atoms with E-state index in [4.69, 9.17) is 18.9 Å². The minimum Gasteiger partial charge on any atom is -0.493 e. The first-order valence-corrected chi connectivity index (χ1v) is 11.0. The van der Waals surface area contributed by atoms with Crippen LogP contribution in [0.25, 0.3) is 0 Å². The molecular formula is C23H22F6N2O6. The lowest BCUT2D eigenvalue weighted by Gasteiger charge is -2.41. The summed E-state index contributed by atoms with van der Waals surface area (Å²) in [5.74, 6) is -0.171. The van der Waals surface area contributed by atoms with Crippen molar-refractivity contribution in [2.75, 3.05) is 40.2 Å². The highest BCUT2D eigenvalue weighted by atomic mass is 19.4. The van der Waals surface area contributed by atoms with Crippen LogP contribution in [0.5, 0.6) is 11.5 Å². The molecule has 0 spiro atoms. The van der Waals surface area contributed by atoms with Gasteiger partial charge >= 0.3 is 12.5 Å². The number of carbonyl (C=O) groups is 1. The van der Waals surface area contributed by atoms with Gasteiger partial charge < -0.3 is 23.8 Å². The van der Waals surface area contributed by atoms with Crippen LogP contribution in [-0.4, -0.2) is 68.5 Å². The Morgan fingerprint density at radius 3 is 2.62 bits per heavy atom. The van der Waals surface area contributed by atoms with Gasteiger partial charge in [-0.05, 0) is 30.3 Å². The normalized spacial score (nSPS) is 22.0. The molecule has 1 amide bonds. The van der Waals surface area contributed by atoms with E-state index >= 15 is 0 Å². The van der Waals surface area contributed by atoms with Gasteiger partial charge in [-0.1, -0.05) is 6.07 Å². The number of alkyl halides is 6. The Bertz CT molecular complexity index is 1130. The van der Waals surface area contributed by atoms with E-state index in [9.17, 15) is 31.1 Å². The first-order chi connectivity index (χ1) is 17.4. The van der Waals surface area contributed by atoms with Gasteiger partial charge in [-0.3, -0.25) is 9.53 Å². The van der Waals surface area contributed by atoms with Crippen molar-refractivity contribution < 1.29 is 54.8 Å². The second kappa shape index (κ2) is 10.3. The highest BCUT2D eigenvalue weighted by Crippen LogP contribution is 2.43. The molecular weight excluding hydrogens is 514 g/mol. The number of likely N-dealkylation sites (tertiary alicyclic amines) is 1. The Labute approximate surface area is 207 Å². The maximum absolute atomic E-state index is 13.2.